The van der Waals surface area contributed by atoms with Crippen molar-refractivity contribution in [3.8, 4) is 0 Å². The molecule has 1 aromatic heterocycles. The van der Waals surface area contributed by atoms with Gasteiger partial charge in [0, 0.05) is 11.8 Å². The molecule has 6 heteroatoms. The van der Waals surface area contributed by atoms with Gasteiger partial charge >= 0.3 is 5.97 Å². The molecule has 1 amide bonds. The van der Waals surface area contributed by atoms with E-state index < -0.39 is 11.5 Å². The average Bonchev–Trinajstić information content (AvgIpc) is 2.84. The Morgan fingerprint density at radius 3 is 2.81 bits per heavy atom. The molecule has 1 heterocycles. The van der Waals surface area contributed by atoms with E-state index in [1.54, 1.807) is 5.51 Å². The van der Waals surface area contributed by atoms with Crippen molar-refractivity contribution >= 4 is 23.2 Å². The predicted molar refractivity (Wildman–Crippen MR) is 58.2 cm³/mol. The van der Waals surface area contributed by atoms with E-state index in [1.807, 2.05) is 5.38 Å². The molecule has 0 saturated heterocycles. The zero-order valence-electron chi connectivity index (χ0n) is 8.60. The molecule has 1 aromatic rings. The number of aliphatic carboxylic acids is 1. The predicted octanol–water partition coefficient (Wildman–Crippen LogP) is 0.809. The molecule has 0 aromatic carbocycles. The maximum absolute atomic E-state index is 11.5. The van der Waals surface area contributed by atoms with Gasteiger partial charge in [0.2, 0.25) is 5.91 Å². The van der Waals surface area contributed by atoms with Gasteiger partial charge in [0.1, 0.15) is 5.54 Å². The molecule has 0 aliphatic heterocycles. The maximum Gasteiger partial charge on any atom is 0.329 e. The second kappa shape index (κ2) is 4.21. The van der Waals surface area contributed by atoms with Crippen molar-refractivity contribution in [1.82, 2.24) is 10.3 Å². The summed E-state index contributed by atoms with van der Waals surface area (Å²) >= 11 is 1.48. The number of carboxylic acids is 1. The fraction of sp³-hybridized carbons (Fsp3) is 0.500. The summed E-state index contributed by atoms with van der Waals surface area (Å²) in [7, 11) is 0. The van der Waals surface area contributed by atoms with Gasteiger partial charge in [-0.2, -0.15) is 0 Å². The molecule has 0 unspecified atom stereocenters. The molecule has 2 rings (SSSR count). The average molecular weight is 240 g/mol. The SMILES string of the molecule is O=C(CCc1cscn1)NC1(C(=O)O)CC1. The van der Waals surface area contributed by atoms with Gasteiger partial charge in [-0.1, -0.05) is 0 Å². The lowest BCUT2D eigenvalue weighted by Crippen LogP contribution is -2.43. The summed E-state index contributed by atoms with van der Waals surface area (Å²) in [5, 5.41) is 13.3. The van der Waals surface area contributed by atoms with Gasteiger partial charge in [-0.05, 0) is 19.3 Å². The summed E-state index contributed by atoms with van der Waals surface area (Å²) < 4.78 is 0. The highest BCUT2D eigenvalue weighted by atomic mass is 32.1. The normalized spacial score (nSPS) is 16.8. The lowest BCUT2D eigenvalue weighted by atomic mass is 10.2. The zero-order valence-corrected chi connectivity index (χ0v) is 9.42. The minimum Gasteiger partial charge on any atom is -0.480 e. The number of carbonyl (C=O) groups is 2. The van der Waals surface area contributed by atoms with Crippen LogP contribution in [0.1, 0.15) is 25.0 Å². The van der Waals surface area contributed by atoms with E-state index in [4.69, 9.17) is 5.11 Å². The van der Waals surface area contributed by atoms with Gasteiger partial charge in [-0.15, -0.1) is 11.3 Å². The van der Waals surface area contributed by atoms with Crippen LogP contribution in [0.2, 0.25) is 0 Å². The molecule has 5 nitrogen and oxygen atoms in total. The van der Waals surface area contributed by atoms with E-state index >= 15 is 0 Å². The highest BCUT2D eigenvalue weighted by molar-refractivity contribution is 7.07. The number of aryl methyl sites for hydroxylation is 1. The van der Waals surface area contributed by atoms with Crippen LogP contribution in [0.3, 0.4) is 0 Å². The van der Waals surface area contributed by atoms with E-state index in [2.05, 4.69) is 10.3 Å². The summed E-state index contributed by atoms with van der Waals surface area (Å²) in [5.74, 6) is -1.15. The number of aromatic nitrogens is 1. The highest BCUT2D eigenvalue weighted by Crippen LogP contribution is 2.35. The number of nitrogens with one attached hydrogen (secondary N) is 1. The van der Waals surface area contributed by atoms with Gasteiger partial charge in [-0.25, -0.2) is 9.78 Å². The minimum absolute atomic E-state index is 0.215. The van der Waals surface area contributed by atoms with Crippen LogP contribution in [0.15, 0.2) is 10.9 Å². The quantitative estimate of drug-likeness (QED) is 0.798. The summed E-state index contributed by atoms with van der Waals surface area (Å²) in [6.07, 6.45) is 1.92. The number of hydrogen-bond donors (Lipinski definition) is 2. The van der Waals surface area contributed by atoms with Gasteiger partial charge in [0.25, 0.3) is 0 Å². The Kier molecular flexibility index (Phi) is 2.91. The summed E-state index contributed by atoms with van der Waals surface area (Å²) in [6.45, 7) is 0. The Hall–Kier alpha value is -1.43. The Labute approximate surface area is 96.5 Å². The number of thiazole rings is 1. The summed E-state index contributed by atoms with van der Waals surface area (Å²) in [6, 6.07) is 0. The summed E-state index contributed by atoms with van der Waals surface area (Å²) in [5.41, 5.74) is 1.62. The van der Waals surface area contributed by atoms with Crippen molar-refractivity contribution in [2.45, 2.75) is 31.2 Å². The second-order valence-corrected chi connectivity index (χ2v) is 4.63. The first-order valence-corrected chi connectivity index (χ1v) is 5.98. The molecule has 0 radical (unpaired) electrons. The maximum atomic E-state index is 11.5. The van der Waals surface area contributed by atoms with Crippen LogP contribution >= 0.6 is 11.3 Å². The molecule has 1 fully saturated rings. The third-order valence-electron chi connectivity index (χ3n) is 2.63. The fourth-order valence-corrected chi connectivity index (χ4v) is 2.04. The van der Waals surface area contributed by atoms with Crippen molar-refractivity contribution in [3.63, 3.8) is 0 Å². The molecule has 1 aliphatic carbocycles. The molecular formula is C10H12N2O3S. The number of rotatable bonds is 5. The van der Waals surface area contributed by atoms with Crippen molar-refractivity contribution in [2.75, 3.05) is 0 Å². The van der Waals surface area contributed by atoms with Crippen LogP contribution in [-0.4, -0.2) is 27.5 Å². The second-order valence-electron chi connectivity index (χ2n) is 3.92. The zero-order chi connectivity index (χ0) is 11.6. The Morgan fingerprint density at radius 1 is 1.56 bits per heavy atom. The van der Waals surface area contributed by atoms with E-state index in [0.717, 1.165) is 5.69 Å². The number of hydrogen-bond acceptors (Lipinski definition) is 4. The van der Waals surface area contributed by atoms with Crippen molar-refractivity contribution < 1.29 is 14.7 Å². The molecule has 1 saturated carbocycles. The van der Waals surface area contributed by atoms with Crippen LogP contribution in [0.25, 0.3) is 0 Å². The molecule has 0 bridgehead atoms. The lowest BCUT2D eigenvalue weighted by Gasteiger charge is -2.11. The van der Waals surface area contributed by atoms with Crippen molar-refractivity contribution in [1.29, 1.82) is 0 Å². The van der Waals surface area contributed by atoms with E-state index in [0.29, 0.717) is 25.7 Å². The number of nitrogens with zero attached hydrogens (tertiary/aromatic N) is 1. The van der Waals surface area contributed by atoms with Crippen molar-refractivity contribution in [2.24, 2.45) is 0 Å². The molecule has 0 atom stereocenters. The first-order valence-electron chi connectivity index (χ1n) is 5.04. The van der Waals surface area contributed by atoms with Gasteiger partial charge in [0.05, 0.1) is 11.2 Å². The Morgan fingerprint density at radius 2 is 2.31 bits per heavy atom. The van der Waals surface area contributed by atoms with Crippen LogP contribution in [0.5, 0.6) is 0 Å². The van der Waals surface area contributed by atoms with Gasteiger partial charge < -0.3 is 10.4 Å². The fourth-order valence-electron chi connectivity index (χ4n) is 1.45. The topological polar surface area (TPSA) is 79.3 Å². The first kappa shape index (κ1) is 11.1. The Bertz CT molecular complexity index is 398. The standard InChI is InChI=1S/C10H12N2O3S/c13-8(2-1-7-5-16-6-11-7)12-10(3-4-10)9(14)15/h5-6H,1-4H2,(H,12,13)(H,14,15). The van der Waals surface area contributed by atoms with Crippen LogP contribution in [0, 0.1) is 0 Å². The van der Waals surface area contributed by atoms with Crippen LogP contribution in [-0.2, 0) is 16.0 Å². The van der Waals surface area contributed by atoms with E-state index in [1.165, 1.54) is 11.3 Å². The lowest BCUT2D eigenvalue weighted by molar-refractivity contribution is -0.143. The number of carbonyl (C=O) groups excluding carboxylic acids is 1. The van der Waals surface area contributed by atoms with Crippen LogP contribution in [0.4, 0.5) is 0 Å². The molecular weight excluding hydrogens is 228 g/mol. The third-order valence-corrected chi connectivity index (χ3v) is 3.27. The largest absolute Gasteiger partial charge is 0.480 e. The molecule has 2 N–H and O–H groups in total. The molecule has 86 valence electrons. The molecule has 0 spiro atoms. The summed E-state index contributed by atoms with van der Waals surface area (Å²) in [4.78, 5) is 26.4. The smallest absolute Gasteiger partial charge is 0.329 e. The first-order chi connectivity index (χ1) is 7.62. The Balaban J connectivity index is 1.79. The monoisotopic (exact) mass is 240 g/mol. The number of amides is 1. The van der Waals surface area contributed by atoms with E-state index in [-0.39, 0.29) is 5.91 Å². The minimum atomic E-state index is -0.973. The van der Waals surface area contributed by atoms with E-state index in [9.17, 15) is 9.59 Å². The molecule has 16 heavy (non-hydrogen) atoms. The number of carboxylic acid groups (broad SMARTS) is 1. The van der Waals surface area contributed by atoms with Crippen molar-refractivity contribution in [3.05, 3.63) is 16.6 Å². The van der Waals surface area contributed by atoms with Crippen LogP contribution < -0.4 is 5.32 Å². The molecule has 1 aliphatic rings. The van der Waals surface area contributed by atoms with Gasteiger partial charge in [-0.3, -0.25) is 4.79 Å². The van der Waals surface area contributed by atoms with Gasteiger partial charge in [0.15, 0.2) is 0 Å². The highest BCUT2D eigenvalue weighted by Gasteiger charge is 2.51. The third kappa shape index (κ3) is 2.38.